The first kappa shape index (κ1) is 15.1. The van der Waals surface area contributed by atoms with Crippen LogP contribution < -0.4 is 10.2 Å². The third-order valence-corrected chi connectivity index (χ3v) is 4.06. The minimum Gasteiger partial charge on any atom is -0.503 e. The van der Waals surface area contributed by atoms with Crippen molar-refractivity contribution < 1.29 is 14.3 Å². The number of halogens is 2. The number of phenols is 1. The van der Waals surface area contributed by atoms with Crippen LogP contribution >= 0.6 is 15.9 Å². The van der Waals surface area contributed by atoms with E-state index in [-0.39, 0.29) is 17.8 Å². The second-order valence-electron chi connectivity index (χ2n) is 5.10. The molecular weight excluding hydrogens is 327 g/mol. The number of phenolic OH excluding ortho intramolecular Hbond substituents is 1. The molecule has 1 aromatic carbocycles. The van der Waals surface area contributed by atoms with Crippen molar-refractivity contribution in [3.05, 3.63) is 22.4 Å². The molecule has 0 heterocycles. The molecule has 0 bridgehead atoms. The first-order chi connectivity index (χ1) is 9.49. The van der Waals surface area contributed by atoms with Crippen LogP contribution in [0.1, 0.15) is 32.1 Å². The summed E-state index contributed by atoms with van der Waals surface area (Å²) in [6.45, 7) is 0. The summed E-state index contributed by atoms with van der Waals surface area (Å²) in [6.07, 6.45) is 5.38. The number of benzene rings is 1. The van der Waals surface area contributed by atoms with Crippen molar-refractivity contribution >= 4 is 27.6 Å². The van der Waals surface area contributed by atoms with E-state index >= 15 is 0 Å². The molecule has 0 spiro atoms. The molecule has 0 unspecified atom stereocenters. The van der Waals surface area contributed by atoms with E-state index in [1.807, 2.05) is 0 Å². The lowest BCUT2D eigenvalue weighted by molar-refractivity contribution is 0.239. The summed E-state index contributed by atoms with van der Waals surface area (Å²) in [4.78, 5) is 13.4. The molecule has 0 atom stereocenters. The van der Waals surface area contributed by atoms with Crippen LogP contribution in [0.15, 0.2) is 16.6 Å². The fourth-order valence-corrected chi connectivity index (χ4v) is 2.85. The summed E-state index contributed by atoms with van der Waals surface area (Å²) in [5.74, 6) is -1.28. The molecule has 0 radical (unpaired) electrons. The van der Waals surface area contributed by atoms with Crippen LogP contribution in [-0.2, 0) is 0 Å². The molecule has 2 rings (SSSR count). The van der Waals surface area contributed by atoms with Crippen LogP contribution in [0.25, 0.3) is 0 Å². The third kappa shape index (κ3) is 3.42. The zero-order chi connectivity index (χ0) is 14.7. The van der Waals surface area contributed by atoms with Crippen molar-refractivity contribution in [3.8, 4) is 5.75 Å². The average molecular weight is 345 g/mol. The van der Waals surface area contributed by atoms with Gasteiger partial charge in [0.05, 0.1) is 5.69 Å². The average Bonchev–Trinajstić information content (AvgIpc) is 2.43. The van der Waals surface area contributed by atoms with Crippen LogP contribution in [0.4, 0.5) is 14.9 Å². The Labute approximate surface area is 126 Å². The van der Waals surface area contributed by atoms with Crippen LogP contribution in [0.5, 0.6) is 5.75 Å². The number of hydrogen-bond acceptors (Lipinski definition) is 2. The maximum atomic E-state index is 13.5. The van der Waals surface area contributed by atoms with Gasteiger partial charge in [0.25, 0.3) is 0 Å². The van der Waals surface area contributed by atoms with Crippen LogP contribution in [-0.4, -0.2) is 24.2 Å². The van der Waals surface area contributed by atoms with Crippen molar-refractivity contribution in [2.24, 2.45) is 0 Å². The highest BCUT2D eigenvalue weighted by atomic mass is 79.9. The number of hydrogen-bond donors (Lipinski definition) is 2. The lowest BCUT2D eigenvalue weighted by Gasteiger charge is -2.26. The van der Waals surface area contributed by atoms with Crippen LogP contribution in [0.3, 0.4) is 0 Å². The Morgan fingerprint density at radius 2 is 2.05 bits per heavy atom. The molecule has 6 heteroatoms. The van der Waals surface area contributed by atoms with Gasteiger partial charge < -0.3 is 10.4 Å². The molecular formula is C14H18BrFN2O2. The maximum Gasteiger partial charge on any atom is 0.321 e. The number of rotatable bonds is 2. The highest BCUT2D eigenvalue weighted by Gasteiger charge is 2.21. The molecule has 1 saturated carbocycles. The number of urea groups is 1. The van der Waals surface area contributed by atoms with Crippen molar-refractivity contribution in [3.63, 3.8) is 0 Å². The second kappa shape index (κ2) is 6.43. The van der Waals surface area contributed by atoms with Crippen LogP contribution in [0.2, 0.25) is 0 Å². The molecule has 4 nitrogen and oxygen atoms in total. The van der Waals surface area contributed by atoms with Crippen molar-refractivity contribution in [2.75, 3.05) is 11.9 Å². The molecule has 2 amide bonds. The van der Waals surface area contributed by atoms with Gasteiger partial charge >= 0.3 is 6.03 Å². The minimum atomic E-state index is -0.758. The van der Waals surface area contributed by atoms with Gasteiger partial charge in [-0.15, -0.1) is 0 Å². The molecule has 1 aromatic rings. The predicted molar refractivity (Wildman–Crippen MR) is 79.6 cm³/mol. The highest BCUT2D eigenvalue weighted by molar-refractivity contribution is 9.10. The van der Waals surface area contributed by atoms with Crippen LogP contribution in [0, 0.1) is 5.82 Å². The summed E-state index contributed by atoms with van der Waals surface area (Å²) in [6, 6.07) is 2.51. The molecule has 0 aromatic heterocycles. The Morgan fingerprint density at radius 3 is 2.70 bits per heavy atom. The Bertz CT molecular complexity index is 504. The van der Waals surface area contributed by atoms with E-state index in [1.54, 1.807) is 0 Å². The topological polar surface area (TPSA) is 52.6 Å². The highest BCUT2D eigenvalue weighted by Crippen LogP contribution is 2.33. The van der Waals surface area contributed by atoms with E-state index in [0.717, 1.165) is 31.7 Å². The SMILES string of the molecule is CN(C(=O)NC1CCCCC1)c1cc(Br)cc(F)c1O. The van der Waals surface area contributed by atoms with Gasteiger partial charge in [-0.25, -0.2) is 9.18 Å². The number of nitrogens with one attached hydrogen (secondary N) is 1. The zero-order valence-electron chi connectivity index (χ0n) is 11.3. The lowest BCUT2D eigenvalue weighted by atomic mass is 9.96. The van der Waals surface area contributed by atoms with Crippen molar-refractivity contribution in [1.82, 2.24) is 5.32 Å². The summed E-state index contributed by atoms with van der Waals surface area (Å²) in [5, 5.41) is 12.7. The summed E-state index contributed by atoms with van der Waals surface area (Å²) in [5.41, 5.74) is 0.144. The van der Waals surface area contributed by atoms with E-state index in [4.69, 9.17) is 0 Å². The lowest BCUT2D eigenvalue weighted by Crippen LogP contribution is -2.44. The molecule has 1 aliphatic carbocycles. The van der Waals surface area contributed by atoms with E-state index in [1.165, 1.54) is 24.4 Å². The molecule has 20 heavy (non-hydrogen) atoms. The number of aromatic hydroxyl groups is 1. The van der Waals surface area contributed by atoms with E-state index < -0.39 is 11.6 Å². The Hall–Kier alpha value is -1.30. The van der Waals surface area contributed by atoms with Gasteiger partial charge in [0, 0.05) is 17.6 Å². The van der Waals surface area contributed by atoms with Gasteiger partial charge in [-0.1, -0.05) is 35.2 Å². The fourth-order valence-electron chi connectivity index (χ4n) is 2.44. The van der Waals surface area contributed by atoms with Gasteiger partial charge in [0.1, 0.15) is 0 Å². The van der Waals surface area contributed by atoms with Crippen molar-refractivity contribution in [1.29, 1.82) is 0 Å². The van der Waals surface area contributed by atoms with Crippen molar-refractivity contribution in [2.45, 2.75) is 38.1 Å². The van der Waals surface area contributed by atoms with Gasteiger partial charge in [0.15, 0.2) is 11.6 Å². The Kier molecular flexibility index (Phi) is 4.86. The minimum absolute atomic E-state index is 0.144. The molecule has 0 saturated heterocycles. The standard InChI is InChI=1S/C14H18BrFN2O2/c1-18(12-8-9(15)7-11(16)13(12)19)14(20)17-10-5-3-2-4-6-10/h7-8,10,19H,2-6H2,1H3,(H,17,20). The fraction of sp³-hybridized carbons (Fsp3) is 0.500. The number of carbonyl (C=O) groups is 1. The number of amides is 2. The summed E-state index contributed by atoms with van der Waals surface area (Å²) < 4.78 is 14.0. The second-order valence-corrected chi connectivity index (χ2v) is 6.01. The zero-order valence-corrected chi connectivity index (χ0v) is 12.9. The monoisotopic (exact) mass is 344 g/mol. The number of anilines is 1. The third-order valence-electron chi connectivity index (χ3n) is 3.61. The normalized spacial score (nSPS) is 15.9. The van der Waals surface area contributed by atoms with Gasteiger partial charge in [-0.2, -0.15) is 0 Å². The van der Waals surface area contributed by atoms with Gasteiger partial charge in [-0.05, 0) is 25.0 Å². The van der Waals surface area contributed by atoms with E-state index in [9.17, 15) is 14.3 Å². The number of carbonyl (C=O) groups excluding carboxylic acids is 1. The van der Waals surface area contributed by atoms with Gasteiger partial charge in [-0.3, -0.25) is 4.90 Å². The Balaban J connectivity index is 2.10. The van der Waals surface area contributed by atoms with E-state index in [2.05, 4.69) is 21.2 Å². The molecule has 0 aliphatic heterocycles. The largest absolute Gasteiger partial charge is 0.503 e. The Morgan fingerprint density at radius 1 is 1.40 bits per heavy atom. The smallest absolute Gasteiger partial charge is 0.321 e. The van der Waals surface area contributed by atoms with E-state index in [0.29, 0.717) is 4.47 Å². The molecule has 1 aliphatic rings. The summed E-state index contributed by atoms with van der Waals surface area (Å²) in [7, 11) is 1.51. The first-order valence-electron chi connectivity index (χ1n) is 6.71. The first-order valence-corrected chi connectivity index (χ1v) is 7.50. The maximum absolute atomic E-state index is 13.5. The predicted octanol–water partition coefficient (Wildman–Crippen LogP) is 3.77. The quantitative estimate of drug-likeness (QED) is 0.857. The molecule has 1 fully saturated rings. The molecule has 110 valence electrons. The van der Waals surface area contributed by atoms with Gasteiger partial charge in [0.2, 0.25) is 0 Å². The number of nitrogens with zero attached hydrogens (tertiary/aromatic N) is 1. The summed E-state index contributed by atoms with van der Waals surface area (Å²) >= 11 is 3.15. The molecule has 2 N–H and O–H groups in total.